The first-order chi connectivity index (χ1) is 11.2. The van der Waals surface area contributed by atoms with E-state index in [2.05, 4.69) is 52.1 Å². The Labute approximate surface area is 143 Å². The molecule has 0 saturated heterocycles. The van der Waals surface area contributed by atoms with E-state index in [0.29, 0.717) is 0 Å². The summed E-state index contributed by atoms with van der Waals surface area (Å²) >= 11 is 0. The van der Waals surface area contributed by atoms with Crippen LogP contribution in [0, 0.1) is 19.3 Å². The van der Waals surface area contributed by atoms with E-state index in [-0.39, 0.29) is 16.7 Å². The average molecular weight is 323 g/mol. The van der Waals surface area contributed by atoms with Gasteiger partial charge in [0.25, 0.3) is 0 Å². The van der Waals surface area contributed by atoms with Gasteiger partial charge in [-0.1, -0.05) is 20.8 Å². The largest absolute Gasteiger partial charge is 0.358 e. The van der Waals surface area contributed by atoms with Crippen molar-refractivity contribution in [1.82, 2.24) is 15.3 Å². The van der Waals surface area contributed by atoms with Crippen LogP contribution in [0.1, 0.15) is 56.1 Å². The lowest BCUT2D eigenvalue weighted by Gasteiger charge is -2.39. The van der Waals surface area contributed by atoms with Gasteiger partial charge in [-0.2, -0.15) is 0 Å². The fourth-order valence-electron chi connectivity index (χ4n) is 5.07. The van der Waals surface area contributed by atoms with Crippen molar-refractivity contribution in [1.29, 1.82) is 0 Å². The molecule has 1 saturated carbocycles. The predicted molar refractivity (Wildman–Crippen MR) is 95.1 cm³/mol. The van der Waals surface area contributed by atoms with E-state index in [1.165, 1.54) is 11.1 Å². The van der Waals surface area contributed by atoms with E-state index in [1.54, 1.807) is 7.05 Å². The van der Waals surface area contributed by atoms with Gasteiger partial charge in [0, 0.05) is 12.5 Å². The first-order valence-corrected chi connectivity index (χ1v) is 8.71. The van der Waals surface area contributed by atoms with Crippen LogP contribution in [0.15, 0.2) is 12.1 Å². The van der Waals surface area contributed by atoms with Crippen molar-refractivity contribution < 1.29 is 4.79 Å². The molecule has 4 heteroatoms. The molecule has 0 unspecified atom stereocenters. The molecular weight excluding hydrogens is 298 g/mol. The van der Waals surface area contributed by atoms with Crippen molar-refractivity contribution in [2.24, 2.45) is 5.41 Å². The highest BCUT2D eigenvalue weighted by Crippen LogP contribution is 2.70. The average Bonchev–Trinajstić information content (AvgIpc) is 2.83. The van der Waals surface area contributed by atoms with Crippen LogP contribution in [0.2, 0.25) is 0 Å². The van der Waals surface area contributed by atoms with Gasteiger partial charge in [-0.25, -0.2) is 9.97 Å². The van der Waals surface area contributed by atoms with Crippen LogP contribution in [0.4, 0.5) is 0 Å². The van der Waals surface area contributed by atoms with E-state index in [9.17, 15) is 4.79 Å². The Balaban J connectivity index is 2.11. The van der Waals surface area contributed by atoms with Crippen LogP contribution in [0.25, 0.3) is 11.0 Å². The van der Waals surface area contributed by atoms with Crippen LogP contribution < -0.4 is 5.32 Å². The SMILES string of the molecule is CNC(=O)[C@@]12CC[C@](C)(c3nc4cc(C)c(C)cc4nc31)C2(C)C. The van der Waals surface area contributed by atoms with E-state index in [4.69, 9.17) is 9.97 Å². The minimum Gasteiger partial charge on any atom is -0.358 e. The molecule has 1 fully saturated rings. The van der Waals surface area contributed by atoms with Gasteiger partial charge in [0.2, 0.25) is 5.91 Å². The van der Waals surface area contributed by atoms with Crippen molar-refractivity contribution in [3.8, 4) is 0 Å². The van der Waals surface area contributed by atoms with E-state index >= 15 is 0 Å². The number of benzene rings is 1. The Morgan fingerprint density at radius 3 is 2.08 bits per heavy atom. The first kappa shape index (κ1) is 15.6. The van der Waals surface area contributed by atoms with Gasteiger partial charge in [0.05, 0.1) is 27.8 Å². The number of hydrogen-bond donors (Lipinski definition) is 1. The Hall–Kier alpha value is -1.97. The summed E-state index contributed by atoms with van der Waals surface area (Å²) in [6, 6.07) is 4.21. The van der Waals surface area contributed by atoms with Crippen LogP contribution >= 0.6 is 0 Å². The fourth-order valence-corrected chi connectivity index (χ4v) is 5.07. The number of aryl methyl sites for hydroxylation is 2. The molecule has 1 aromatic carbocycles. The summed E-state index contributed by atoms with van der Waals surface area (Å²) < 4.78 is 0. The summed E-state index contributed by atoms with van der Waals surface area (Å²) in [6.07, 6.45) is 1.82. The van der Waals surface area contributed by atoms with Gasteiger partial charge in [-0.05, 0) is 55.4 Å². The maximum Gasteiger partial charge on any atom is 0.232 e. The molecule has 0 aliphatic heterocycles. The second-order valence-corrected chi connectivity index (χ2v) is 8.29. The van der Waals surface area contributed by atoms with Crippen LogP contribution in [0.3, 0.4) is 0 Å². The lowest BCUT2D eigenvalue weighted by Crippen LogP contribution is -2.50. The van der Waals surface area contributed by atoms with Crippen LogP contribution in [-0.2, 0) is 15.6 Å². The van der Waals surface area contributed by atoms with Gasteiger partial charge < -0.3 is 5.32 Å². The maximum atomic E-state index is 13.0. The molecule has 2 aromatic rings. The number of likely N-dealkylation sites (N-methyl/N-ethyl adjacent to an activating group) is 1. The highest BCUT2D eigenvalue weighted by atomic mass is 16.2. The van der Waals surface area contributed by atoms with E-state index in [1.807, 2.05) is 0 Å². The highest BCUT2D eigenvalue weighted by molar-refractivity contribution is 5.92. The Kier molecular flexibility index (Phi) is 2.82. The van der Waals surface area contributed by atoms with Crippen molar-refractivity contribution >= 4 is 16.9 Å². The molecule has 4 nitrogen and oxygen atoms in total. The molecule has 0 radical (unpaired) electrons. The third-order valence-corrected chi connectivity index (χ3v) is 7.27. The zero-order valence-corrected chi connectivity index (χ0v) is 15.4. The molecule has 1 heterocycles. The monoisotopic (exact) mass is 323 g/mol. The number of carbonyl (C=O) groups excluding carboxylic acids is 1. The normalized spacial score (nSPS) is 29.8. The third-order valence-electron chi connectivity index (χ3n) is 7.27. The molecule has 2 bridgehead atoms. The first-order valence-electron chi connectivity index (χ1n) is 8.71. The van der Waals surface area contributed by atoms with Crippen LogP contribution in [0.5, 0.6) is 0 Å². The quantitative estimate of drug-likeness (QED) is 0.876. The summed E-state index contributed by atoms with van der Waals surface area (Å²) in [5, 5.41) is 2.90. The highest BCUT2D eigenvalue weighted by Gasteiger charge is 2.73. The van der Waals surface area contributed by atoms with Crippen LogP contribution in [-0.4, -0.2) is 22.9 Å². The summed E-state index contributed by atoms with van der Waals surface area (Å²) in [6.45, 7) is 10.9. The molecule has 1 N–H and O–H groups in total. The molecule has 126 valence electrons. The van der Waals surface area contributed by atoms with Gasteiger partial charge in [-0.3, -0.25) is 4.79 Å². The molecule has 2 aliphatic rings. The minimum absolute atomic E-state index is 0.0764. The maximum absolute atomic E-state index is 13.0. The molecule has 1 aromatic heterocycles. The van der Waals surface area contributed by atoms with Gasteiger partial charge in [0.1, 0.15) is 0 Å². The lowest BCUT2D eigenvalue weighted by molar-refractivity contribution is -0.129. The number of aromatic nitrogens is 2. The van der Waals surface area contributed by atoms with Crippen molar-refractivity contribution in [3.05, 3.63) is 34.6 Å². The van der Waals surface area contributed by atoms with E-state index < -0.39 is 5.41 Å². The van der Waals surface area contributed by atoms with Gasteiger partial charge in [-0.15, -0.1) is 0 Å². The van der Waals surface area contributed by atoms with Crippen molar-refractivity contribution in [3.63, 3.8) is 0 Å². The standard InChI is InChI=1S/C20H25N3O/c1-11-9-13-14(10-12(11)2)23-16-15(22-13)19(5)7-8-20(16,17(24)21-6)18(19,3)4/h9-10H,7-8H2,1-6H3,(H,21,24)/t19-,20-/m1/s1. The fraction of sp³-hybridized carbons (Fsp3) is 0.550. The molecule has 4 rings (SSSR count). The Bertz CT molecular complexity index is 901. The van der Waals surface area contributed by atoms with Gasteiger partial charge in [0.15, 0.2) is 0 Å². The van der Waals surface area contributed by atoms with Crippen molar-refractivity contribution in [2.75, 3.05) is 7.05 Å². The third kappa shape index (κ3) is 1.44. The van der Waals surface area contributed by atoms with E-state index in [0.717, 1.165) is 35.3 Å². The summed E-state index contributed by atoms with van der Waals surface area (Å²) in [5.41, 5.74) is 5.30. The molecular formula is C20H25N3O. The number of amides is 1. The zero-order valence-electron chi connectivity index (χ0n) is 15.4. The summed E-state index contributed by atoms with van der Waals surface area (Å²) in [5.74, 6) is 0.0764. The predicted octanol–water partition coefficient (Wildman–Crippen LogP) is 3.32. The molecule has 0 spiro atoms. The lowest BCUT2D eigenvalue weighted by atomic mass is 9.63. The van der Waals surface area contributed by atoms with Gasteiger partial charge >= 0.3 is 0 Å². The molecule has 2 atom stereocenters. The number of rotatable bonds is 1. The second kappa shape index (κ2) is 4.35. The number of hydrogen-bond acceptors (Lipinski definition) is 3. The topological polar surface area (TPSA) is 54.9 Å². The number of nitrogens with one attached hydrogen (secondary N) is 1. The molecule has 24 heavy (non-hydrogen) atoms. The zero-order chi connectivity index (χ0) is 17.5. The summed E-state index contributed by atoms with van der Waals surface area (Å²) in [7, 11) is 1.73. The number of carbonyl (C=O) groups is 1. The summed E-state index contributed by atoms with van der Waals surface area (Å²) in [4.78, 5) is 23.0. The minimum atomic E-state index is -0.578. The molecule has 1 amide bonds. The molecule has 2 aliphatic carbocycles. The Morgan fingerprint density at radius 1 is 1.00 bits per heavy atom. The second-order valence-electron chi connectivity index (χ2n) is 8.29. The van der Waals surface area contributed by atoms with Crippen molar-refractivity contribution in [2.45, 2.75) is 58.3 Å². The number of fused-ring (bicyclic) bond motifs is 6. The number of nitrogens with zero attached hydrogens (tertiary/aromatic N) is 2. The smallest absolute Gasteiger partial charge is 0.232 e. The Morgan fingerprint density at radius 2 is 1.54 bits per heavy atom.